The summed E-state index contributed by atoms with van der Waals surface area (Å²) in [5.74, 6) is -0.118. The van der Waals surface area contributed by atoms with Gasteiger partial charge >= 0.3 is 0 Å². The highest BCUT2D eigenvalue weighted by Gasteiger charge is 2.36. The van der Waals surface area contributed by atoms with Gasteiger partial charge in [0.1, 0.15) is 15.2 Å². The van der Waals surface area contributed by atoms with E-state index >= 15 is 0 Å². The molecule has 8 heteroatoms. The minimum absolute atomic E-state index is 0.114. The molecule has 2 saturated heterocycles. The van der Waals surface area contributed by atoms with Crippen molar-refractivity contribution in [3.63, 3.8) is 0 Å². The first kappa shape index (κ1) is 19.9. The number of amides is 1. The quantitative estimate of drug-likeness (QED) is 0.570. The van der Waals surface area contributed by atoms with Crippen LogP contribution in [0.3, 0.4) is 0 Å². The molecular formula is C24H28N6OS. The first-order chi connectivity index (χ1) is 15.6. The molecule has 0 radical (unpaired) electrons. The summed E-state index contributed by atoms with van der Waals surface area (Å²) in [6, 6.07) is 8.32. The zero-order chi connectivity index (χ0) is 21.8. The Morgan fingerprint density at radius 3 is 2.84 bits per heavy atom. The molecule has 2 aliphatic heterocycles. The average Bonchev–Trinajstić information content (AvgIpc) is 3.25. The van der Waals surface area contributed by atoms with Crippen LogP contribution >= 0.6 is 11.3 Å². The maximum atomic E-state index is 13.0. The number of hydrogen-bond donors (Lipinski definition) is 3. The normalized spacial score (nSPS) is 24.5. The minimum atomic E-state index is -0.118. The molecular weight excluding hydrogens is 420 g/mol. The molecule has 3 aliphatic rings. The van der Waals surface area contributed by atoms with Crippen molar-refractivity contribution in [1.82, 2.24) is 20.6 Å². The molecule has 0 spiro atoms. The second kappa shape index (κ2) is 7.71. The molecule has 32 heavy (non-hydrogen) atoms. The Labute approximate surface area is 191 Å². The molecule has 166 valence electrons. The van der Waals surface area contributed by atoms with Crippen molar-refractivity contribution in [2.24, 2.45) is 0 Å². The number of anilines is 2. The molecule has 4 heterocycles. The van der Waals surface area contributed by atoms with Crippen LogP contribution in [0.1, 0.15) is 45.8 Å². The number of nitrogens with one attached hydrogen (secondary N) is 2. The predicted octanol–water partition coefficient (Wildman–Crippen LogP) is 2.81. The van der Waals surface area contributed by atoms with Gasteiger partial charge in [0.2, 0.25) is 0 Å². The Morgan fingerprint density at radius 2 is 2.03 bits per heavy atom. The van der Waals surface area contributed by atoms with Gasteiger partial charge in [-0.15, -0.1) is 11.3 Å². The van der Waals surface area contributed by atoms with Gasteiger partial charge in [-0.25, -0.2) is 9.97 Å². The third-order valence-corrected chi connectivity index (χ3v) is 8.28. The second-order valence-corrected chi connectivity index (χ2v) is 10.3. The lowest BCUT2D eigenvalue weighted by Gasteiger charge is -2.38. The average molecular weight is 449 g/mol. The lowest BCUT2D eigenvalue weighted by Crippen LogP contribution is -2.52. The van der Waals surface area contributed by atoms with E-state index in [1.807, 2.05) is 6.92 Å². The highest BCUT2D eigenvalue weighted by Crippen LogP contribution is 2.35. The minimum Gasteiger partial charge on any atom is -0.396 e. The maximum absolute atomic E-state index is 13.0. The van der Waals surface area contributed by atoms with Crippen molar-refractivity contribution < 1.29 is 4.79 Å². The summed E-state index contributed by atoms with van der Waals surface area (Å²) in [5, 5.41) is 6.78. The van der Waals surface area contributed by atoms with Gasteiger partial charge in [0.05, 0.1) is 11.4 Å². The molecule has 3 atom stereocenters. The monoisotopic (exact) mass is 448 g/mol. The van der Waals surface area contributed by atoms with Crippen molar-refractivity contribution in [2.75, 3.05) is 23.7 Å². The predicted molar refractivity (Wildman–Crippen MR) is 128 cm³/mol. The zero-order valence-corrected chi connectivity index (χ0v) is 19.0. The molecule has 2 fully saturated rings. The van der Waals surface area contributed by atoms with E-state index in [2.05, 4.69) is 43.7 Å². The Bertz CT molecular complexity index is 1190. The smallest absolute Gasteiger partial charge is 0.263 e. The molecule has 3 aromatic rings. The van der Waals surface area contributed by atoms with Crippen molar-refractivity contribution in [2.45, 2.75) is 57.2 Å². The Kier molecular flexibility index (Phi) is 4.80. The standard InChI is InChI=1S/C24H28N6OS/c1-13-10-27-21-20(25)22(32-24(21)28-13)23(31)29-16-4-2-15-9-17(5-3-14(15)8-16)30-18-6-7-19(30)12-26-11-18/h3,5,9-10,16,18-19,26H,2,4,6-8,11-12,25H2,1H3,(H,29,31)/t16-,18?,19?/m1/s1. The summed E-state index contributed by atoms with van der Waals surface area (Å²) >= 11 is 1.32. The maximum Gasteiger partial charge on any atom is 0.263 e. The van der Waals surface area contributed by atoms with Gasteiger partial charge in [0.15, 0.2) is 0 Å². The second-order valence-electron chi connectivity index (χ2n) is 9.33. The van der Waals surface area contributed by atoms with E-state index in [1.54, 1.807) is 6.20 Å². The lowest BCUT2D eigenvalue weighted by atomic mass is 9.87. The highest BCUT2D eigenvalue weighted by molar-refractivity contribution is 7.21. The number of piperazine rings is 1. The molecule has 6 rings (SSSR count). The summed E-state index contributed by atoms with van der Waals surface area (Å²) < 4.78 is 0. The number of hydrogen-bond acceptors (Lipinski definition) is 7. The molecule has 4 N–H and O–H groups in total. The third kappa shape index (κ3) is 3.33. The fourth-order valence-corrected chi connectivity index (χ4v) is 6.62. The number of nitrogens with zero attached hydrogens (tertiary/aromatic N) is 3. The lowest BCUT2D eigenvalue weighted by molar-refractivity contribution is 0.0938. The first-order valence-corrected chi connectivity index (χ1v) is 12.3. The van der Waals surface area contributed by atoms with E-state index < -0.39 is 0 Å². The number of rotatable bonds is 3. The summed E-state index contributed by atoms with van der Waals surface area (Å²) in [4.78, 5) is 25.7. The van der Waals surface area contributed by atoms with Crippen LogP contribution in [0.2, 0.25) is 0 Å². The molecule has 2 aromatic heterocycles. The summed E-state index contributed by atoms with van der Waals surface area (Å²) in [6.45, 7) is 4.07. The number of nitrogen functional groups attached to an aromatic ring is 1. The van der Waals surface area contributed by atoms with Crippen LogP contribution in [-0.4, -0.2) is 47.1 Å². The molecule has 2 unspecified atom stereocenters. The Balaban J connectivity index is 1.18. The van der Waals surface area contributed by atoms with Crippen LogP contribution in [0.15, 0.2) is 24.4 Å². The van der Waals surface area contributed by atoms with E-state index in [4.69, 9.17) is 5.73 Å². The summed E-state index contributed by atoms with van der Waals surface area (Å²) in [7, 11) is 0. The number of thiophene rings is 1. The van der Waals surface area contributed by atoms with Gasteiger partial charge in [0.25, 0.3) is 5.91 Å². The van der Waals surface area contributed by atoms with E-state index in [0.29, 0.717) is 28.2 Å². The van der Waals surface area contributed by atoms with Gasteiger partial charge in [-0.3, -0.25) is 4.79 Å². The first-order valence-electron chi connectivity index (χ1n) is 11.5. The summed E-state index contributed by atoms with van der Waals surface area (Å²) in [5.41, 5.74) is 12.2. The molecule has 1 aromatic carbocycles. The van der Waals surface area contributed by atoms with Crippen molar-refractivity contribution in [3.8, 4) is 0 Å². The number of benzene rings is 1. The molecule has 7 nitrogen and oxygen atoms in total. The van der Waals surface area contributed by atoms with Crippen LogP contribution < -0.4 is 21.3 Å². The van der Waals surface area contributed by atoms with Crippen molar-refractivity contribution in [1.29, 1.82) is 0 Å². The van der Waals surface area contributed by atoms with Crippen molar-refractivity contribution >= 4 is 39.0 Å². The van der Waals surface area contributed by atoms with E-state index in [9.17, 15) is 4.79 Å². The highest BCUT2D eigenvalue weighted by atomic mass is 32.1. The van der Waals surface area contributed by atoms with Crippen LogP contribution in [0.5, 0.6) is 0 Å². The fourth-order valence-electron chi connectivity index (χ4n) is 5.62. The van der Waals surface area contributed by atoms with Gasteiger partial charge < -0.3 is 21.3 Å². The van der Waals surface area contributed by atoms with Gasteiger partial charge in [0, 0.05) is 43.1 Å². The number of aryl methyl sites for hydroxylation is 2. The molecule has 2 bridgehead atoms. The van der Waals surface area contributed by atoms with Gasteiger partial charge in [-0.05, 0) is 62.3 Å². The Morgan fingerprint density at radius 1 is 1.22 bits per heavy atom. The van der Waals surface area contributed by atoms with Crippen LogP contribution in [0.25, 0.3) is 10.3 Å². The number of carbonyl (C=O) groups excluding carboxylic acids is 1. The topological polar surface area (TPSA) is 96.2 Å². The third-order valence-electron chi connectivity index (χ3n) is 7.20. The molecule has 0 saturated carbocycles. The van der Waals surface area contributed by atoms with Gasteiger partial charge in [-0.1, -0.05) is 6.07 Å². The number of fused-ring (bicyclic) bond motifs is 4. The zero-order valence-electron chi connectivity index (χ0n) is 18.2. The molecule has 1 amide bonds. The number of carbonyl (C=O) groups is 1. The largest absolute Gasteiger partial charge is 0.396 e. The van der Waals surface area contributed by atoms with E-state index in [1.165, 1.54) is 41.0 Å². The Hall–Kier alpha value is -2.71. The van der Waals surface area contributed by atoms with Crippen LogP contribution in [0.4, 0.5) is 11.4 Å². The molecule has 1 aliphatic carbocycles. The van der Waals surface area contributed by atoms with Crippen LogP contribution in [-0.2, 0) is 12.8 Å². The number of aromatic nitrogens is 2. The van der Waals surface area contributed by atoms with Gasteiger partial charge in [-0.2, -0.15) is 0 Å². The van der Waals surface area contributed by atoms with Crippen molar-refractivity contribution in [3.05, 3.63) is 46.1 Å². The van der Waals surface area contributed by atoms with E-state index in [-0.39, 0.29) is 11.9 Å². The van der Waals surface area contributed by atoms with Crippen LogP contribution in [0, 0.1) is 6.92 Å². The number of nitrogens with two attached hydrogens (primary N) is 1. The SMILES string of the molecule is Cc1cnc2c(N)c(C(=O)N[C@@H]3CCc4cc(N5C6CCC5CNC6)ccc4C3)sc2n1. The fraction of sp³-hybridized carbons (Fsp3) is 0.458. The van der Waals surface area contributed by atoms with E-state index in [0.717, 1.165) is 42.9 Å². The summed E-state index contributed by atoms with van der Waals surface area (Å²) in [6.07, 6.45) is 7.04.